The van der Waals surface area contributed by atoms with Gasteiger partial charge in [-0.3, -0.25) is 9.59 Å². The molecule has 3 amide bonds. The molecule has 1 saturated heterocycles. The first-order valence-electron chi connectivity index (χ1n) is 17.2. The number of amides is 3. The first-order chi connectivity index (χ1) is 24.7. The van der Waals surface area contributed by atoms with Gasteiger partial charge in [0.25, 0.3) is 5.91 Å². The number of aryl methyl sites for hydroxylation is 1. The summed E-state index contributed by atoms with van der Waals surface area (Å²) in [5, 5.41) is 23.9. The number of phenols is 1. The number of aliphatic hydroxyl groups excluding tert-OH is 1. The molecule has 4 aromatic carbocycles. The van der Waals surface area contributed by atoms with Crippen molar-refractivity contribution in [3.8, 4) is 11.5 Å². The zero-order valence-electron chi connectivity index (χ0n) is 28.4. The Kier molecular flexibility index (Phi) is 9.63. The summed E-state index contributed by atoms with van der Waals surface area (Å²) in [5.74, 6) is 0.487. The maximum Gasteiger partial charge on any atom is 0.416 e. The number of ether oxygens (including phenoxy) is 2. The Morgan fingerprint density at radius 1 is 1.02 bits per heavy atom. The molecule has 1 unspecified atom stereocenters. The Labute approximate surface area is 301 Å². The van der Waals surface area contributed by atoms with Gasteiger partial charge in [0.15, 0.2) is 6.23 Å². The second kappa shape index (κ2) is 14.3. The topological polar surface area (TPSA) is 120 Å². The lowest BCUT2D eigenvalue weighted by molar-refractivity contribution is -0.117. The van der Waals surface area contributed by atoms with Crippen LogP contribution in [0, 0.1) is 6.92 Å². The van der Waals surface area contributed by atoms with Crippen LogP contribution in [0.5, 0.6) is 11.5 Å². The lowest BCUT2D eigenvalue weighted by Gasteiger charge is -2.38. The molecular formula is C40H40ClN3O7. The number of alkyl halides is 1. The number of anilines is 2. The summed E-state index contributed by atoms with van der Waals surface area (Å²) in [7, 11) is 0. The third-order valence-electron chi connectivity index (χ3n) is 10.1. The second-order valence-corrected chi connectivity index (χ2v) is 13.7. The highest BCUT2D eigenvalue weighted by atomic mass is 35.5. The maximum absolute atomic E-state index is 13.8. The summed E-state index contributed by atoms with van der Waals surface area (Å²) in [6.45, 7) is 6.46. The van der Waals surface area contributed by atoms with Crippen molar-refractivity contribution >= 4 is 51.7 Å². The van der Waals surface area contributed by atoms with Crippen molar-refractivity contribution in [3.63, 3.8) is 0 Å². The number of hydrogen-bond acceptors (Lipinski definition) is 7. The Hall–Kier alpha value is -5.06. The number of hydrogen-bond donors (Lipinski definition) is 2. The molecule has 1 fully saturated rings. The van der Waals surface area contributed by atoms with Gasteiger partial charge in [0.1, 0.15) is 24.7 Å². The molecule has 0 aromatic heterocycles. The van der Waals surface area contributed by atoms with Gasteiger partial charge >= 0.3 is 6.09 Å². The summed E-state index contributed by atoms with van der Waals surface area (Å²) >= 11 is 6.38. The van der Waals surface area contributed by atoms with E-state index < -0.39 is 18.4 Å². The summed E-state index contributed by atoms with van der Waals surface area (Å²) in [4.78, 5) is 45.4. The van der Waals surface area contributed by atoms with E-state index in [1.165, 1.54) is 6.08 Å². The van der Waals surface area contributed by atoms with Crippen molar-refractivity contribution < 1.29 is 34.1 Å². The van der Waals surface area contributed by atoms with E-state index in [0.29, 0.717) is 48.0 Å². The molecule has 3 aliphatic rings. The molecule has 11 heteroatoms. The highest BCUT2D eigenvalue weighted by Gasteiger charge is 2.44. The summed E-state index contributed by atoms with van der Waals surface area (Å²) < 4.78 is 11.6. The van der Waals surface area contributed by atoms with Gasteiger partial charge in [-0.1, -0.05) is 61.2 Å². The smallest absolute Gasteiger partial charge is 0.416 e. The number of aliphatic hydroxyl groups is 1. The number of piperidine rings is 1. The van der Waals surface area contributed by atoms with Crippen molar-refractivity contribution in [1.29, 1.82) is 0 Å². The number of carbonyl (C=O) groups is 3. The monoisotopic (exact) mass is 709 g/mol. The Morgan fingerprint density at radius 2 is 1.80 bits per heavy atom. The second-order valence-electron chi connectivity index (χ2n) is 13.4. The van der Waals surface area contributed by atoms with Crippen LogP contribution in [-0.4, -0.2) is 70.9 Å². The van der Waals surface area contributed by atoms with Crippen LogP contribution in [0.3, 0.4) is 0 Å². The fourth-order valence-corrected chi connectivity index (χ4v) is 7.90. The number of aromatic hydroxyl groups is 1. The minimum Gasteiger partial charge on any atom is -0.507 e. The molecule has 3 atom stereocenters. The SMILES string of the molecule is C=CCOC(=O)N1c2cc(OCc3cccc(CC(=O)N4C[C@@H](CCl)c5c4cc(O)c4ccccc54)c3)c(C)cc2C(=O)N2CCCC[C@H]2C1O. The number of phenolic OH excluding ortho intramolecular Hbond substituents is 1. The van der Waals surface area contributed by atoms with Crippen LogP contribution in [0.4, 0.5) is 16.2 Å². The highest BCUT2D eigenvalue weighted by molar-refractivity contribution is 6.19. The molecule has 0 bridgehead atoms. The molecule has 10 nitrogen and oxygen atoms in total. The normalized spacial score (nSPS) is 19.6. The van der Waals surface area contributed by atoms with E-state index in [4.69, 9.17) is 21.1 Å². The first kappa shape index (κ1) is 34.4. The van der Waals surface area contributed by atoms with Crippen molar-refractivity contribution in [1.82, 2.24) is 4.90 Å². The molecule has 0 saturated carbocycles. The van der Waals surface area contributed by atoms with E-state index in [-0.39, 0.29) is 48.8 Å². The summed E-state index contributed by atoms with van der Waals surface area (Å²) in [6.07, 6.45) is 1.70. The number of fused-ring (bicyclic) bond motifs is 5. The average Bonchev–Trinajstić information content (AvgIpc) is 3.49. The quantitative estimate of drug-likeness (QED) is 0.153. The third kappa shape index (κ3) is 6.38. The molecule has 4 aromatic rings. The lowest BCUT2D eigenvalue weighted by atomic mass is 9.95. The number of rotatable bonds is 8. The van der Waals surface area contributed by atoms with Gasteiger partial charge in [0.05, 0.1) is 29.4 Å². The zero-order chi connectivity index (χ0) is 35.8. The predicted octanol–water partition coefficient (Wildman–Crippen LogP) is 6.80. The van der Waals surface area contributed by atoms with Gasteiger partial charge in [0, 0.05) is 42.4 Å². The van der Waals surface area contributed by atoms with E-state index in [1.807, 2.05) is 55.5 Å². The van der Waals surface area contributed by atoms with Gasteiger partial charge in [0.2, 0.25) is 5.91 Å². The molecule has 264 valence electrons. The Morgan fingerprint density at radius 3 is 2.59 bits per heavy atom. The van der Waals surface area contributed by atoms with Crippen molar-refractivity contribution in [3.05, 3.63) is 107 Å². The Bertz CT molecular complexity index is 2030. The lowest BCUT2D eigenvalue weighted by Crippen LogP contribution is -2.55. The van der Waals surface area contributed by atoms with Gasteiger partial charge in [-0.05, 0) is 59.9 Å². The minimum atomic E-state index is -1.30. The number of carbonyl (C=O) groups excluding carboxylic acids is 3. The van der Waals surface area contributed by atoms with Crippen molar-refractivity contribution in [2.75, 3.05) is 35.4 Å². The minimum absolute atomic E-state index is 0.0509. The van der Waals surface area contributed by atoms with Crippen LogP contribution in [0.2, 0.25) is 0 Å². The summed E-state index contributed by atoms with van der Waals surface area (Å²) in [5.41, 5.74) is 4.47. The van der Waals surface area contributed by atoms with E-state index in [1.54, 1.807) is 28.0 Å². The fourth-order valence-electron chi connectivity index (χ4n) is 7.65. The highest BCUT2D eigenvalue weighted by Crippen LogP contribution is 2.45. The third-order valence-corrected chi connectivity index (χ3v) is 10.5. The van der Waals surface area contributed by atoms with Crippen molar-refractivity contribution in [2.24, 2.45) is 0 Å². The van der Waals surface area contributed by atoms with Crippen molar-refractivity contribution in [2.45, 2.75) is 57.4 Å². The standard InChI is InChI=1S/C40H40ClN3O7/c1-3-15-50-40(49)44-32-20-35(24(2)16-30(32)38(47)42-14-7-6-13-31(42)39(44)48)51-23-26-10-8-9-25(17-26)18-36(46)43-22-27(21-41)37-29-12-5-4-11-28(29)34(45)19-33(37)43/h3-5,8-12,16-17,19-20,27,31,39,45,48H,1,6-7,13-15,18,21-23H2,2H3/t27-,31+,39?/m1/s1. The van der Waals surface area contributed by atoms with Crippen LogP contribution in [0.1, 0.15) is 57.8 Å². The first-order valence-corrected chi connectivity index (χ1v) is 17.8. The molecule has 0 aliphatic carbocycles. The molecule has 3 aliphatic heterocycles. The van der Waals surface area contributed by atoms with Crippen LogP contribution >= 0.6 is 11.6 Å². The van der Waals surface area contributed by atoms with Crippen LogP contribution in [-0.2, 0) is 22.6 Å². The van der Waals surface area contributed by atoms with E-state index in [9.17, 15) is 24.6 Å². The zero-order valence-corrected chi connectivity index (χ0v) is 29.1. The molecule has 0 spiro atoms. The van der Waals surface area contributed by atoms with Gasteiger partial charge in [-0.25, -0.2) is 9.69 Å². The van der Waals surface area contributed by atoms with E-state index >= 15 is 0 Å². The molecule has 0 radical (unpaired) electrons. The summed E-state index contributed by atoms with van der Waals surface area (Å²) in [6, 6.07) is 19.6. The van der Waals surface area contributed by atoms with Gasteiger partial charge < -0.3 is 29.5 Å². The average molecular weight is 710 g/mol. The van der Waals surface area contributed by atoms with Gasteiger partial charge in [-0.15, -0.1) is 11.6 Å². The molecular weight excluding hydrogens is 670 g/mol. The number of benzene rings is 4. The Balaban J connectivity index is 1.12. The molecule has 3 heterocycles. The molecule has 7 rings (SSSR count). The number of nitrogens with zero attached hydrogens (tertiary/aromatic N) is 3. The maximum atomic E-state index is 13.8. The predicted molar refractivity (Wildman–Crippen MR) is 196 cm³/mol. The molecule has 51 heavy (non-hydrogen) atoms. The van der Waals surface area contributed by atoms with Crippen LogP contribution in [0.25, 0.3) is 10.8 Å². The largest absolute Gasteiger partial charge is 0.507 e. The van der Waals surface area contributed by atoms with E-state index in [0.717, 1.165) is 45.2 Å². The van der Waals surface area contributed by atoms with Crippen LogP contribution < -0.4 is 14.5 Å². The number of halogens is 1. The van der Waals surface area contributed by atoms with Crippen LogP contribution in [0.15, 0.2) is 79.4 Å². The van der Waals surface area contributed by atoms with E-state index in [2.05, 4.69) is 6.58 Å². The fraction of sp³-hybridized carbons (Fsp3) is 0.325. The molecule has 2 N–H and O–H groups in total. The van der Waals surface area contributed by atoms with Gasteiger partial charge in [-0.2, -0.15) is 0 Å².